The van der Waals surface area contributed by atoms with Crippen molar-refractivity contribution < 1.29 is 19.2 Å². The highest BCUT2D eigenvalue weighted by Crippen LogP contribution is 2.28. The second kappa shape index (κ2) is 7.97. The fourth-order valence-electron chi connectivity index (χ4n) is 4.59. The zero-order chi connectivity index (χ0) is 20.5. The van der Waals surface area contributed by atoms with Gasteiger partial charge in [0.15, 0.2) is 5.76 Å². The van der Waals surface area contributed by atoms with E-state index in [2.05, 4.69) is 41.0 Å². The summed E-state index contributed by atoms with van der Waals surface area (Å²) in [5.74, 6) is 0.342. The number of para-hydroxylation sites is 2. The summed E-state index contributed by atoms with van der Waals surface area (Å²) in [5, 5.41) is 13.3. The van der Waals surface area contributed by atoms with Crippen LogP contribution >= 0.6 is 0 Å². The van der Waals surface area contributed by atoms with Gasteiger partial charge in [-0.3, -0.25) is 4.79 Å². The second-order valence-electron chi connectivity index (χ2n) is 8.02. The number of aromatic nitrogens is 1. The number of hydrogen-bond donors (Lipinski definition) is 2. The molecule has 1 atom stereocenters. The van der Waals surface area contributed by atoms with Gasteiger partial charge in [-0.05, 0) is 24.3 Å². The SMILES string of the molecule is O=C(c1ccco1)N1CC[NH+](C[C@@H](O)Cn2c3ccccc3c3ccccc32)CC1. The molecule has 6 heteroatoms. The van der Waals surface area contributed by atoms with Crippen LogP contribution in [0.4, 0.5) is 0 Å². The van der Waals surface area contributed by atoms with Crippen molar-refractivity contribution >= 4 is 27.7 Å². The van der Waals surface area contributed by atoms with Crippen LogP contribution in [-0.4, -0.2) is 59.3 Å². The van der Waals surface area contributed by atoms with E-state index in [0.29, 0.717) is 31.9 Å². The average Bonchev–Trinajstić information content (AvgIpc) is 3.42. The Kier molecular flexibility index (Phi) is 5.02. The van der Waals surface area contributed by atoms with E-state index < -0.39 is 6.10 Å². The molecular weight excluding hydrogens is 378 g/mol. The van der Waals surface area contributed by atoms with E-state index >= 15 is 0 Å². The quantitative estimate of drug-likeness (QED) is 0.533. The number of benzene rings is 2. The molecule has 2 aromatic heterocycles. The third kappa shape index (κ3) is 3.49. The van der Waals surface area contributed by atoms with Crippen molar-refractivity contribution in [1.82, 2.24) is 9.47 Å². The summed E-state index contributed by atoms with van der Waals surface area (Å²) in [7, 11) is 0. The third-order valence-corrected chi connectivity index (χ3v) is 6.09. The topological polar surface area (TPSA) is 63.1 Å². The number of fused-ring (bicyclic) bond motifs is 3. The summed E-state index contributed by atoms with van der Waals surface area (Å²) in [5.41, 5.74) is 2.31. The van der Waals surface area contributed by atoms with E-state index in [9.17, 15) is 9.90 Å². The lowest BCUT2D eigenvalue weighted by Gasteiger charge is -2.32. The molecule has 5 rings (SSSR count). The zero-order valence-corrected chi connectivity index (χ0v) is 16.8. The van der Waals surface area contributed by atoms with Gasteiger partial charge in [-0.2, -0.15) is 0 Å². The molecule has 0 spiro atoms. The van der Waals surface area contributed by atoms with Gasteiger partial charge >= 0.3 is 0 Å². The normalized spacial score (nSPS) is 16.4. The van der Waals surface area contributed by atoms with Crippen LogP contribution in [0.5, 0.6) is 0 Å². The van der Waals surface area contributed by atoms with Gasteiger partial charge in [0.05, 0.1) is 39.0 Å². The maximum atomic E-state index is 12.4. The van der Waals surface area contributed by atoms with Crippen molar-refractivity contribution in [2.45, 2.75) is 12.6 Å². The van der Waals surface area contributed by atoms with Crippen molar-refractivity contribution in [3.63, 3.8) is 0 Å². The van der Waals surface area contributed by atoms with E-state index in [1.165, 1.54) is 21.9 Å². The summed E-state index contributed by atoms with van der Waals surface area (Å²) < 4.78 is 7.46. The number of aliphatic hydroxyl groups excluding tert-OH is 1. The van der Waals surface area contributed by atoms with Gasteiger partial charge in [0.2, 0.25) is 0 Å². The Balaban J connectivity index is 1.25. The van der Waals surface area contributed by atoms with E-state index in [1.807, 2.05) is 17.0 Å². The molecule has 0 bridgehead atoms. The van der Waals surface area contributed by atoms with E-state index in [1.54, 1.807) is 12.1 Å². The highest BCUT2D eigenvalue weighted by Gasteiger charge is 2.27. The van der Waals surface area contributed by atoms with Crippen LogP contribution in [0.1, 0.15) is 10.6 Å². The monoisotopic (exact) mass is 404 g/mol. The summed E-state index contributed by atoms with van der Waals surface area (Å²) in [6, 6.07) is 20.2. The van der Waals surface area contributed by atoms with E-state index in [-0.39, 0.29) is 5.91 Å². The Morgan fingerprint density at radius 1 is 0.967 bits per heavy atom. The van der Waals surface area contributed by atoms with Gasteiger partial charge in [0.1, 0.15) is 12.6 Å². The minimum atomic E-state index is -0.452. The number of furan rings is 1. The molecule has 0 aliphatic carbocycles. The van der Waals surface area contributed by atoms with Gasteiger partial charge in [0.25, 0.3) is 5.91 Å². The number of rotatable bonds is 5. The van der Waals surface area contributed by atoms with Crippen LogP contribution in [0, 0.1) is 0 Å². The number of nitrogens with zero attached hydrogens (tertiary/aromatic N) is 2. The fraction of sp³-hybridized carbons (Fsp3) is 0.292. The van der Waals surface area contributed by atoms with Gasteiger partial charge in [-0.15, -0.1) is 0 Å². The molecule has 1 aliphatic heterocycles. The molecular formula is C24H26N3O3+. The molecule has 6 nitrogen and oxygen atoms in total. The Morgan fingerprint density at radius 3 is 2.20 bits per heavy atom. The number of carbonyl (C=O) groups is 1. The minimum Gasteiger partial charge on any atom is -0.459 e. The average molecular weight is 404 g/mol. The molecule has 2 aromatic carbocycles. The van der Waals surface area contributed by atoms with Crippen LogP contribution in [-0.2, 0) is 6.54 Å². The molecule has 0 radical (unpaired) electrons. The number of piperazine rings is 1. The van der Waals surface area contributed by atoms with Crippen molar-refractivity contribution in [2.75, 3.05) is 32.7 Å². The number of aliphatic hydroxyl groups is 1. The summed E-state index contributed by atoms with van der Waals surface area (Å²) in [4.78, 5) is 15.6. The number of amides is 1. The van der Waals surface area contributed by atoms with Crippen LogP contribution in [0.15, 0.2) is 71.3 Å². The number of carbonyl (C=O) groups excluding carboxylic acids is 1. The lowest BCUT2D eigenvalue weighted by Crippen LogP contribution is -3.15. The second-order valence-corrected chi connectivity index (χ2v) is 8.02. The van der Waals surface area contributed by atoms with Crippen molar-refractivity contribution in [1.29, 1.82) is 0 Å². The Bertz CT molecular complexity index is 1100. The standard InChI is InChI=1S/C24H25N3O3/c28-18(16-25-11-13-26(14-12-25)24(29)23-10-5-15-30-23)17-27-21-8-3-1-6-19(21)20-7-2-4-9-22(20)27/h1-10,15,18,28H,11-14,16-17H2/p+1/t18-/m1/s1. The zero-order valence-electron chi connectivity index (χ0n) is 16.8. The van der Waals surface area contributed by atoms with Gasteiger partial charge in [-0.1, -0.05) is 36.4 Å². The molecule has 1 saturated heterocycles. The smallest absolute Gasteiger partial charge is 0.289 e. The fourth-order valence-corrected chi connectivity index (χ4v) is 4.59. The highest BCUT2D eigenvalue weighted by molar-refractivity contribution is 6.07. The Hall–Kier alpha value is -3.09. The minimum absolute atomic E-state index is 0.0510. The first-order chi connectivity index (χ1) is 14.7. The predicted molar refractivity (Wildman–Crippen MR) is 116 cm³/mol. The van der Waals surface area contributed by atoms with Crippen LogP contribution in [0.3, 0.4) is 0 Å². The van der Waals surface area contributed by atoms with E-state index in [4.69, 9.17) is 4.42 Å². The largest absolute Gasteiger partial charge is 0.459 e. The van der Waals surface area contributed by atoms with Crippen LogP contribution < -0.4 is 4.90 Å². The van der Waals surface area contributed by atoms with Crippen molar-refractivity contribution in [3.8, 4) is 0 Å². The lowest BCUT2D eigenvalue weighted by molar-refractivity contribution is -0.907. The summed E-state index contributed by atoms with van der Waals surface area (Å²) in [6.45, 7) is 4.25. The molecule has 2 N–H and O–H groups in total. The third-order valence-electron chi connectivity index (χ3n) is 6.09. The molecule has 1 fully saturated rings. The molecule has 1 amide bonds. The first-order valence-corrected chi connectivity index (χ1v) is 10.5. The lowest BCUT2D eigenvalue weighted by atomic mass is 10.2. The summed E-state index contributed by atoms with van der Waals surface area (Å²) in [6.07, 6.45) is 1.08. The summed E-state index contributed by atoms with van der Waals surface area (Å²) >= 11 is 0. The number of hydrogen-bond acceptors (Lipinski definition) is 3. The van der Waals surface area contributed by atoms with Crippen LogP contribution in [0.25, 0.3) is 21.8 Å². The van der Waals surface area contributed by atoms with Crippen molar-refractivity contribution in [3.05, 3.63) is 72.7 Å². The molecule has 154 valence electrons. The Labute approximate surface area is 174 Å². The molecule has 1 aliphatic rings. The van der Waals surface area contributed by atoms with Gasteiger partial charge < -0.3 is 23.9 Å². The predicted octanol–water partition coefficient (Wildman–Crippen LogP) is 1.79. The van der Waals surface area contributed by atoms with E-state index in [0.717, 1.165) is 24.1 Å². The molecule has 30 heavy (non-hydrogen) atoms. The Morgan fingerprint density at radius 2 is 1.60 bits per heavy atom. The molecule has 0 saturated carbocycles. The first kappa shape index (κ1) is 18.9. The maximum absolute atomic E-state index is 12.4. The highest BCUT2D eigenvalue weighted by atomic mass is 16.3. The van der Waals surface area contributed by atoms with Gasteiger partial charge in [-0.25, -0.2) is 0 Å². The first-order valence-electron chi connectivity index (χ1n) is 10.5. The van der Waals surface area contributed by atoms with Crippen molar-refractivity contribution in [2.24, 2.45) is 0 Å². The van der Waals surface area contributed by atoms with Gasteiger partial charge in [0, 0.05) is 21.8 Å². The maximum Gasteiger partial charge on any atom is 0.289 e. The number of quaternary nitrogens is 1. The van der Waals surface area contributed by atoms with Crippen LogP contribution in [0.2, 0.25) is 0 Å². The number of nitrogens with one attached hydrogen (secondary N) is 1. The molecule has 4 aromatic rings. The molecule has 3 heterocycles. The molecule has 0 unspecified atom stereocenters.